The predicted molar refractivity (Wildman–Crippen MR) is 107 cm³/mol. The molecule has 2 aromatic carbocycles. The average molecular weight is 359 g/mol. The molecule has 4 nitrogen and oxygen atoms in total. The lowest BCUT2D eigenvalue weighted by Crippen LogP contribution is -2.20. The first-order chi connectivity index (χ1) is 12.3. The van der Waals surface area contributed by atoms with Crippen molar-refractivity contribution in [1.82, 2.24) is 10.6 Å². The minimum Gasteiger partial charge on any atom is -0.492 e. The number of likely N-dealkylation sites (N-methyl/N-ethyl adjacent to an activating group) is 2. The second-order valence-corrected chi connectivity index (χ2v) is 6.91. The molecule has 0 aliphatic rings. The van der Waals surface area contributed by atoms with Crippen LogP contribution in [-0.4, -0.2) is 39.4 Å². The second kappa shape index (κ2) is 9.04. The third kappa shape index (κ3) is 4.63. The van der Waals surface area contributed by atoms with Gasteiger partial charge in [-0.25, -0.2) is 0 Å². The van der Waals surface area contributed by atoms with Gasteiger partial charge >= 0.3 is 0 Å². The quantitative estimate of drug-likeness (QED) is 0.537. The summed E-state index contributed by atoms with van der Waals surface area (Å²) in [6.45, 7) is 9.25. The van der Waals surface area contributed by atoms with Crippen LogP contribution in [0.3, 0.4) is 0 Å². The number of fused-ring (bicyclic) bond motifs is 3. The van der Waals surface area contributed by atoms with E-state index in [0.717, 1.165) is 37.7 Å². The van der Waals surface area contributed by atoms with Gasteiger partial charge in [-0.15, -0.1) is 11.3 Å². The van der Waals surface area contributed by atoms with E-state index in [1.165, 1.54) is 20.2 Å². The Morgan fingerprint density at radius 2 is 1.40 bits per heavy atom. The Balaban J connectivity index is 1.74. The van der Waals surface area contributed by atoms with E-state index in [4.69, 9.17) is 9.47 Å². The highest BCUT2D eigenvalue weighted by molar-refractivity contribution is 7.25. The van der Waals surface area contributed by atoms with Gasteiger partial charge in [0.2, 0.25) is 0 Å². The Morgan fingerprint density at radius 3 is 2.08 bits per heavy atom. The molecule has 0 atom stereocenters. The van der Waals surface area contributed by atoms with Gasteiger partial charge in [-0.1, -0.05) is 13.8 Å². The van der Waals surface area contributed by atoms with Crippen LogP contribution < -0.4 is 20.1 Å². The number of benzene rings is 2. The van der Waals surface area contributed by atoms with Gasteiger partial charge in [0.05, 0.1) is 0 Å². The van der Waals surface area contributed by atoms with Crippen LogP contribution in [0, 0.1) is 0 Å². The molecule has 0 fully saturated rings. The van der Waals surface area contributed by atoms with E-state index in [0.29, 0.717) is 13.2 Å². The number of thiophene rings is 1. The first kappa shape index (κ1) is 18.0. The van der Waals surface area contributed by atoms with Crippen molar-refractivity contribution in [3.63, 3.8) is 0 Å². The van der Waals surface area contributed by atoms with Crippen molar-refractivity contribution in [2.75, 3.05) is 39.4 Å². The van der Waals surface area contributed by atoms with Crippen LogP contribution in [0.1, 0.15) is 13.8 Å². The van der Waals surface area contributed by atoms with E-state index in [1.807, 2.05) is 0 Å². The molecule has 2 N–H and O–H groups in total. The monoisotopic (exact) mass is 358 g/mol. The highest BCUT2D eigenvalue weighted by Gasteiger charge is 2.08. The number of hydrogen-bond acceptors (Lipinski definition) is 5. The van der Waals surface area contributed by atoms with E-state index < -0.39 is 0 Å². The molecule has 0 saturated heterocycles. The lowest BCUT2D eigenvalue weighted by atomic mass is 10.1. The smallest absolute Gasteiger partial charge is 0.120 e. The maximum atomic E-state index is 5.84. The van der Waals surface area contributed by atoms with E-state index in [-0.39, 0.29) is 0 Å². The Morgan fingerprint density at radius 1 is 0.760 bits per heavy atom. The Bertz CT molecular complexity index is 816. The Labute approximate surface area is 153 Å². The molecule has 0 aliphatic carbocycles. The van der Waals surface area contributed by atoms with E-state index >= 15 is 0 Å². The molecule has 1 heterocycles. The molecule has 0 radical (unpaired) electrons. The fourth-order valence-corrected chi connectivity index (χ4v) is 3.87. The fraction of sp³-hybridized carbons (Fsp3) is 0.400. The lowest BCUT2D eigenvalue weighted by molar-refractivity contribution is 0.316. The molecular weight excluding hydrogens is 332 g/mol. The summed E-state index contributed by atoms with van der Waals surface area (Å²) in [4.78, 5) is 0. The summed E-state index contributed by atoms with van der Waals surface area (Å²) in [5, 5.41) is 9.05. The largest absolute Gasteiger partial charge is 0.492 e. The minimum absolute atomic E-state index is 0.686. The number of hydrogen-bond donors (Lipinski definition) is 2. The third-order valence-corrected chi connectivity index (χ3v) is 5.14. The molecular formula is C20H26N2O2S. The molecule has 3 rings (SSSR count). The van der Waals surface area contributed by atoms with Crippen LogP contribution in [0.4, 0.5) is 0 Å². The maximum absolute atomic E-state index is 5.84. The van der Waals surface area contributed by atoms with Crippen molar-refractivity contribution in [2.45, 2.75) is 13.8 Å². The molecule has 3 aromatic rings. The highest BCUT2D eigenvalue weighted by Crippen LogP contribution is 2.37. The topological polar surface area (TPSA) is 42.5 Å². The predicted octanol–water partition coefficient (Wildman–Crippen LogP) is 4.03. The Hall–Kier alpha value is -1.82. The van der Waals surface area contributed by atoms with Crippen molar-refractivity contribution in [1.29, 1.82) is 0 Å². The third-order valence-electron chi connectivity index (χ3n) is 4.01. The zero-order chi connectivity index (χ0) is 17.5. The second-order valence-electron chi connectivity index (χ2n) is 5.82. The number of rotatable bonds is 10. The zero-order valence-corrected chi connectivity index (χ0v) is 15.7. The van der Waals surface area contributed by atoms with Gasteiger partial charge in [0.1, 0.15) is 24.7 Å². The van der Waals surface area contributed by atoms with Crippen LogP contribution in [0.15, 0.2) is 36.4 Å². The van der Waals surface area contributed by atoms with Crippen molar-refractivity contribution in [3.05, 3.63) is 36.4 Å². The summed E-state index contributed by atoms with van der Waals surface area (Å²) in [7, 11) is 0. The summed E-state index contributed by atoms with van der Waals surface area (Å²) < 4.78 is 14.2. The summed E-state index contributed by atoms with van der Waals surface area (Å²) in [5.74, 6) is 1.86. The van der Waals surface area contributed by atoms with Crippen LogP contribution >= 0.6 is 11.3 Å². The standard InChI is InChI=1S/C20H26N2O2S/c1-3-21-9-11-23-15-6-8-19-18(13-15)17-7-5-16(14-20(17)25-19)24-12-10-22-4-2/h5-8,13-14,21-22H,3-4,9-12H2,1-2H3. The molecule has 0 spiro atoms. The van der Waals surface area contributed by atoms with E-state index in [9.17, 15) is 0 Å². The van der Waals surface area contributed by atoms with Gasteiger partial charge in [0.15, 0.2) is 0 Å². The van der Waals surface area contributed by atoms with Crippen molar-refractivity contribution < 1.29 is 9.47 Å². The summed E-state index contributed by atoms with van der Waals surface area (Å²) in [6, 6.07) is 12.7. The van der Waals surface area contributed by atoms with Gasteiger partial charge in [-0.05, 0) is 49.5 Å². The molecule has 25 heavy (non-hydrogen) atoms. The Kier molecular flexibility index (Phi) is 6.50. The molecule has 134 valence electrons. The molecule has 1 aromatic heterocycles. The first-order valence-electron chi connectivity index (χ1n) is 8.95. The van der Waals surface area contributed by atoms with Gasteiger partial charge < -0.3 is 20.1 Å². The number of nitrogens with one attached hydrogen (secondary N) is 2. The van der Waals surface area contributed by atoms with Crippen LogP contribution in [0.5, 0.6) is 11.5 Å². The van der Waals surface area contributed by atoms with Crippen molar-refractivity contribution in [2.24, 2.45) is 0 Å². The van der Waals surface area contributed by atoms with Gasteiger partial charge in [-0.3, -0.25) is 0 Å². The highest BCUT2D eigenvalue weighted by atomic mass is 32.1. The fourth-order valence-electron chi connectivity index (χ4n) is 2.75. The van der Waals surface area contributed by atoms with Crippen molar-refractivity contribution >= 4 is 31.5 Å². The van der Waals surface area contributed by atoms with Gasteiger partial charge in [-0.2, -0.15) is 0 Å². The summed E-state index contributed by atoms with van der Waals surface area (Å²) in [6.07, 6.45) is 0. The SMILES string of the molecule is CCNCCOc1ccc2c(c1)sc1ccc(OCCNCC)cc12. The van der Waals surface area contributed by atoms with Gasteiger partial charge in [0.25, 0.3) is 0 Å². The molecule has 0 unspecified atom stereocenters. The molecule has 0 amide bonds. The molecule has 5 heteroatoms. The zero-order valence-electron chi connectivity index (χ0n) is 14.9. The van der Waals surface area contributed by atoms with Crippen molar-refractivity contribution in [3.8, 4) is 11.5 Å². The van der Waals surface area contributed by atoms with Crippen LogP contribution in [-0.2, 0) is 0 Å². The minimum atomic E-state index is 0.686. The lowest BCUT2D eigenvalue weighted by Gasteiger charge is -2.07. The maximum Gasteiger partial charge on any atom is 0.120 e. The van der Waals surface area contributed by atoms with E-state index in [1.54, 1.807) is 11.3 Å². The first-order valence-corrected chi connectivity index (χ1v) is 9.76. The van der Waals surface area contributed by atoms with Gasteiger partial charge in [0, 0.05) is 33.3 Å². The average Bonchev–Trinajstić information content (AvgIpc) is 2.99. The molecule has 0 aliphatic heterocycles. The van der Waals surface area contributed by atoms with E-state index in [2.05, 4.69) is 60.9 Å². The summed E-state index contributed by atoms with van der Waals surface area (Å²) in [5.41, 5.74) is 0. The molecule has 0 bridgehead atoms. The van der Waals surface area contributed by atoms with Crippen LogP contribution in [0.2, 0.25) is 0 Å². The summed E-state index contributed by atoms with van der Waals surface area (Å²) >= 11 is 1.80. The van der Waals surface area contributed by atoms with Crippen LogP contribution in [0.25, 0.3) is 20.2 Å². The number of ether oxygens (including phenoxy) is 2. The molecule has 0 saturated carbocycles. The normalized spacial score (nSPS) is 11.3.